The molecule has 2 heteroatoms. The van der Waals surface area contributed by atoms with Crippen LogP contribution in [-0.4, -0.2) is 6.54 Å². The van der Waals surface area contributed by atoms with Crippen LogP contribution in [-0.2, 0) is 6.42 Å². The first kappa shape index (κ1) is 14.7. The molecule has 0 aliphatic rings. The molecule has 0 amide bonds. The quantitative estimate of drug-likeness (QED) is 0.853. The lowest BCUT2D eigenvalue weighted by molar-refractivity contribution is 0.510. The molecular weight excluding hydrogens is 249 g/mol. The third-order valence-electron chi connectivity index (χ3n) is 3.74. The Morgan fingerprint density at radius 2 is 1.80 bits per heavy atom. The van der Waals surface area contributed by atoms with E-state index in [1.54, 1.807) is 6.07 Å². The second-order valence-corrected chi connectivity index (χ2v) is 5.25. The van der Waals surface area contributed by atoms with Crippen molar-refractivity contribution in [3.63, 3.8) is 0 Å². The predicted octanol–water partition coefficient (Wildman–Crippen LogP) is 4.34. The van der Waals surface area contributed by atoms with E-state index in [1.165, 1.54) is 22.8 Å². The summed E-state index contributed by atoms with van der Waals surface area (Å²) in [6.45, 7) is 7.10. The van der Waals surface area contributed by atoms with E-state index in [9.17, 15) is 4.39 Å². The number of rotatable bonds is 5. The summed E-state index contributed by atoms with van der Waals surface area (Å²) in [6.07, 6.45) is 0.801. The average Bonchev–Trinajstić information content (AvgIpc) is 2.43. The summed E-state index contributed by atoms with van der Waals surface area (Å²) in [5.74, 6) is -0.137. The first-order valence-electron chi connectivity index (χ1n) is 7.15. The van der Waals surface area contributed by atoms with Crippen molar-refractivity contribution in [3.8, 4) is 0 Å². The molecule has 0 aromatic heterocycles. The Hall–Kier alpha value is -1.67. The van der Waals surface area contributed by atoms with Crippen molar-refractivity contribution in [2.24, 2.45) is 0 Å². The molecule has 20 heavy (non-hydrogen) atoms. The van der Waals surface area contributed by atoms with Crippen LogP contribution in [0.25, 0.3) is 0 Å². The number of halogens is 1. The summed E-state index contributed by atoms with van der Waals surface area (Å²) in [7, 11) is 0. The summed E-state index contributed by atoms with van der Waals surface area (Å²) in [5, 5.41) is 3.38. The fraction of sp³-hybridized carbons (Fsp3) is 0.333. The fourth-order valence-corrected chi connectivity index (χ4v) is 2.46. The lowest BCUT2D eigenvalue weighted by atomic mass is 9.96. The second-order valence-electron chi connectivity index (χ2n) is 5.25. The number of hydrogen-bond donors (Lipinski definition) is 1. The van der Waals surface area contributed by atoms with Gasteiger partial charge in [0.2, 0.25) is 0 Å². The highest BCUT2D eigenvalue weighted by Gasteiger charge is 2.15. The molecule has 1 nitrogen and oxygen atoms in total. The minimum Gasteiger partial charge on any atom is -0.310 e. The average molecular weight is 271 g/mol. The van der Waals surface area contributed by atoms with Crippen molar-refractivity contribution in [2.75, 3.05) is 6.54 Å². The van der Waals surface area contributed by atoms with Crippen LogP contribution in [0.1, 0.15) is 35.2 Å². The van der Waals surface area contributed by atoms with Crippen LogP contribution in [0.4, 0.5) is 4.39 Å². The summed E-state index contributed by atoms with van der Waals surface area (Å²) >= 11 is 0. The number of nitrogens with one attached hydrogen (secondary N) is 1. The zero-order valence-electron chi connectivity index (χ0n) is 12.4. The molecular formula is C18H22FN. The maximum atomic E-state index is 14.0. The first-order chi connectivity index (χ1) is 9.61. The predicted molar refractivity (Wildman–Crippen MR) is 82.4 cm³/mol. The van der Waals surface area contributed by atoms with Gasteiger partial charge in [-0.25, -0.2) is 4.39 Å². The third kappa shape index (κ3) is 3.45. The van der Waals surface area contributed by atoms with Gasteiger partial charge in [0.05, 0.1) is 0 Å². The number of likely N-dealkylation sites (N-methyl/N-ethyl adjacent to an activating group) is 1. The molecule has 0 saturated heterocycles. The summed E-state index contributed by atoms with van der Waals surface area (Å²) in [4.78, 5) is 0. The van der Waals surface area contributed by atoms with Crippen molar-refractivity contribution in [3.05, 3.63) is 70.5 Å². The van der Waals surface area contributed by atoms with Crippen LogP contribution in [0.5, 0.6) is 0 Å². The van der Waals surface area contributed by atoms with Gasteiger partial charge in [-0.2, -0.15) is 0 Å². The Morgan fingerprint density at radius 1 is 1.05 bits per heavy atom. The monoisotopic (exact) mass is 271 g/mol. The Kier molecular flexibility index (Phi) is 4.91. The molecule has 0 spiro atoms. The molecule has 0 bridgehead atoms. The van der Waals surface area contributed by atoms with Crippen molar-refractivity contribution < 1.29 is 4.39 Å². The first-order valence-corrected chi connectivity index (χ1v) is 7.15. The molecule has 106 valence electrons. The Bertz CT molecular complexity index is 577. The van der Waals surface area contributed by atoms with E-state index in [4.69, 9.17) is 0 Å². The normalized spacial score (nSPS) is 12.4. The van der Waals surface area contributed by atoms with Crippen LogP contribution in [0.2, 0.25) is 0 Å². The van der Waals surface area contributed by atoms with Crippen LogP contribution >= 0.6 is 0 Å². The Balaban J connectivity index is 2.25. The Labute approximate surface area is 120 Å². The van der Waals surface area contributed by atoms with E-state index in [2.05, 4.69) is 37.4 Å². The van der Waals surface area contributed by atoms with Crippen molar-refractivity contribution in [1.82, 2.24) is 5.32 Å². The SMILES string of the molecule is CCNC(Cc1ccc(C)c(C)c1)c1ccccc1F. The smallest absolute Gasteiger partial charge is 0.127 e. The molecule has 2 aromatic rings. The van der Waals surface area contributed by atoms with Crippen LogP contribution in [0, 0.1) is 19.7 Å². The number of benzene rings is 2. The fourth-order valence-electron chi connectivity index (χ4n) is 2.46. The van der Waals surface area contributed by atoms with E-state index in [-0.39, 0.29) is 11.9 Å². The minimum atomic E-state index is -0.137. The maximum absolute atomic E-state index is 14.0. The van der Waals surface area contributed by atoms with E-state index < -0.39 is 0 Å². The molecule has 2 aromatic carbocycles. The van der Waals surface area contributed by atoms with Gasteiger partial charge in [-0.3, -0.25) is 0 Å². The van der Waals surface area contributed by atoms with Gasteiger partial charge in [0, 0.05) is 11.6 Å². The van der Waals surface area contributed by atoms with Crippen molar-refractivity contribution in [2.45, 2.75) is 33.2 Å². The summed E-state index contributed by atoms with van der Waals surface area (Å²) in [6, 6.07) is 13.5. The number of aryl methyl sites for hydroxylation is 2. The van der Waals surface area contributed by atoms with Gasteiger partial charge in [-0.15, -0.1) is 0 Å². The van der Waals surface area contributed by atoms with Gasteiger partial charge >= 0.3 is 0 Å². The molecule has 1 unspecified atom stereocenters. The molecule has 0 heterocycles. The van der Waals surface area contributed by atoms with Crippen LogP contribution in [0.3, 0.4) is 0 Å². The van der Waals surface area contributed by atoms with E-state index in [0.29, 0.717) is 0 Å². The molecule has 1 N–H and O–H groups in total. The zero-order chi connectivity index (χ0) is 14.5. The molecule has 0 radical (unpaired) electrons. The summed E-state index contributed by atoms with van der Waals surface area (Å²) in [5.41, 5.74) is 4.56. The lowest BCUT2D eigenvalue weighted by Gasteiger charge is -2.19. The van der Waals surface area contributed by atoms with E-state index in [0.717, 1.165) is 18.5 Å². The van der Waals surface area contributed by atoms with Gasteiger partial charge < -0.3 is 5.32 Å². The summed E-state index contributed by atoms with van der Waals surface area (Å²) < 4.78 is 14.0. The molecule has 0 saturated carbocycles. The number of hydrogen-bond acceptors (Lipinski definition) is 1. The Morgan fingerprint density at radius 3 is 2.45 bits per heavy atom. The van der Waals surface area contributed by atoms with Crippen LogP contribution < -0.4 is 5.32 Å². The highest BCUT2D eigenvalue weighted by atomic mass is 19.1. The minimum absolute atomic E-state index is 0.0170. The van der Waals surface area contributed by atoms with Crippen LogP contribution in [0.15, 0.2) is 42.5 Å². The second kappa shape index (κ2) is 6.67. The van der Waals surface area contributed by atoms with E-state index >= 15 is 0 Å². The van der Waals surface area contributed by atoms with Gasteiger partial charge in [-0.05, 0) is 49.6 Å². The van der Waals surface area contributed by atoms with Gasteiger partial charge in [0.1, 0.15) is 5.82 Å². The molecule has 0 aliphatic carbocycles. The topological polar surface area (TPSA) is 12.0 Å². The van der Waals surface area contributed by atoms with E-state index in [1.807, 2.05) is 19.1 Å². The molecule has 1 atom stereocenters. The molecule has 0 fully saturated rings. The molecule has 0 aliphatic heterocycles. The highest BCUT2D eigenvalue weighted by molar-refractivity contribution is 5.32. The maximum Gasteiger partial charge on any atom is 0.127 e. The third-order valence-corrected chi connectivity index (χ3v) is 3.74. The molecule has 2 rings (SSSR count). The van der Waals surface area contributed by atoms with Gasteiger partial charge in [-0.1, -0.05) is 43.3 Å². The lowest BCUT2D eigenvalue weighted by Crippen LogP contribution is -2.24. The zero-order valence-corrected chi connectivity index (χ0v) is 12.4. The highest BCUT2D eigenvalue weighted by Crippen LogP contribution is 2.22. The van der Waals surface area contributed by atoms with Crippen molar-refractivity contribution in [1.29, 1.82) is 0 Å². The largest absolute Gasteiger partial charge is 0.310 e. The van der Waals surface area contributed by atoms with Gasteiger partial charge in [0.25, 0.3) is 0 Å². The van der Waals surface area contributed by atoms with Gasteiger partial charge in [0.15, 0.2) is 0 Å². The standard InChI is InChI=1S/C18H22FN/c1-4-20-18(16-7-5-6-8-17(16)19)12-15-10-9-13(2)14(3)11-15/h5-11,18,20H,4,12H2,1-3H3. The van der Waals surface area contributed by atoms with Crippen molar-refractivity contribution >= 4 is 0 Å².